The highest BCUT2D eigenvalue weighted by Crippen LogP contribution is 2.64. The number of hydrogen-bond donors (Lipinski definition) is 0. The molecule has 3 atom stereocenters. The summed E-state index contributed by atoms with van der Waals surface area (Å²) >= 11 is 5.88. The van der Waals surface area contributed by atoms with Gasteiger partial charge in [0.2, 0.25) is 0 Å². The van der Waals surface area contributed by atoms with E-state index in [1.165, 1.54) is 43.3 Å². The van der Waals surface area contributed by atoms with E-state index in [1.807, 2.05) is 20.8 Å². The van der Waals surface area contributed by atoms with Crippen molar-refractivity contribution in [1.82, 2.24) is 0 Å². The van der Waals surface area contributed by atoms with Crippen molar-refractivity contribution in [1.29, 1.82) is 0 Å². The average Bonchev–Trinajstić information content (AvgIpc) is 3.25. The zero-order valence-electron chi connectivity index (χ0n) is 23.5. The molecule has 2 saturated carbocycles. The lowest BCUT2D eigenvalue weighted by atomic mass is 9.70. The van der Waals surface area contributed by atoms with Crippen molar-refractivity contribution in [2.24, 2.45) is 22.2 Å². The van der Waals surface area contributed by atoms with Crippen LogP contribution in [0.4, 0.5) is 0 Å². The number of esters is 1. The Kier molecular flexibility index (Phi) is 8.80. The first kappa shape index (κ1) is 31.6. The molecule has 12 heteroatoms. The Morgan fingerprint density at radius 3 is 2.15 bits per heavy atom. The van der Waals surface area contributed by atoms with Gasteiger partial charge in [-0.2, -0.15) is 16.8 Å². The minimum atomic E-state index is -4.23. The van der Waals surface area contributed by atoms with E-state index in [2.05, 4.69) is 0 Å². The van der Waals surface area contributed by atoms with Crippen LogP contribution >= 0.6 is 11.6 Å². The van der Waals surface area contributed by atoms with E-state index in [4.69, 9.17) is 24.7 Å². The minimum Gasteiger partial charge on any atom is -0.461 e. The van der Waals surface area contributed by atoms with Gasteiger partial charge >= 0.3 is 5.97 Å². The largest absolute Gasteiger partial charge is 0.461 e. The quantitative estimate of drug-likeness (QED) is 0.237. The zero-order valence-corrected chi connectivity index (χ0v) is 25.9. The summed E-state index contributed by atoms with van der Waals surface area (Å²) in [6, 6.07) is 12.0. The molecule has 224 valence electrons. The van der Waals surface area contributed by atoms with Crippen LogP contribution in [0.3, 0.4) is 0 Å². The summed E-state index contributed by atoms with van der Waals surface area (Å²) in [7, 11) is -8.45. The predicted octanol–water partition coefficient (Wildman–Crippen LogP) is 4.96. The van der Waals surface area contributed by atoms with Gasteiger partial charge in [-0.15, -0.1) is 0 Å². The van der Waals surface area contributed by atoms with Crippen LogP contribution in [0.5, 0.6) is 0 Å². The number of aryl methyl sites for hydroxylation is 1. The molecule has 0 N–H and O–H groups in total. The Labute approximate surface area is 246 Å². The van der Waals surface area contributed by atoms with Crippen molar-refractivity contribution in [3.05, 3.63) is 64.7 Å². The Morgan fingerprint density at radius 1 is 0.976 bits per heavy atom. The van der Waals surface area contributed by atoms with Crippen molar-refractivity contribution < 1.29 is 39.5 Å². The average molecular weight is 627 g/mol. The van der Waals surface area contributed by atoms with Crippen molar-refractivity contribution in [2.45, 2.75) is 51.9 Å². The second-order valence-corrected chi connectivity index (χ2v) is 15.7. The molecule has 0 saturated heterocycles. The zero-order chi connectivity index (χ0) is 30.3. The summed E-state index contributed by atoms with van der Waals surface area (Å²) in [5.41, 5.74) is -1.84. The van der Waals surface area contributed by atoms with Gasteiger partial charge in [-0.3, -0.25) is 13.2 Å². The van der Waals surface area contributed by atoms with Crippen LogP contribution in [0, 0.1) is 29.1 Å². The third-order valence-electron chi connectivity index (χ3n) is 8.65. The molecule has 2 bridgehead atoms. The SMILES string of the molecule is Cc1ccc(S(=O)(=O)OC[C@@](C)(COC(=O)c2ccc(Cl)cc2)COS(=O)(=O)C[C@]23CC[C@H](CC2=O)C3(C)C)cc1. The van der Waals surface area contributed by atoms with Crippen LogP contribution in [0.1, 0.15) is 56.0 Å². The standard InChI is InChI=1S/C29H35ClO9S2/c1-20-5-11-24(12-6-20)41(35,36)39-18-28(4,16-37-26(32)21-7-9-23(30)10-8-21)17-38-40(33,34)19-29-14-13-22(15-25(29)31)27(29,2)3/h5-12,22H,13-19H2,1-4H3/t22-,28+,29-/m1/s1. The molecule has 0 aliphatic heterocycles. The van der Waals surface area contributed by atoms with Gasteiger partial charge in [0.25, 0.3) is 20.2 Å². The number of fused-ring (bicyclic) bond motifs is 2. The Morgan fingerprint density at radius 2 is 1.59 bits per heavy atom. The number of hydrogen-bond acceptors (Lipinski definition) is 9. The first-order chi connectivity index (χ1) is 19.0. The minimum absolute atomic E-state index is 0.0712. The number of ether oxygens (including phenoxy) is 1. The normalized spacial score (nSPS) is 23.3. The first-order valence-electron chi connectivity index (χ1n) is 13.3. The number of ketones is 1. The summed E-state index contributed by atoms with van der Waals surface area (Å²) < 4.78 is 68.4. The third-order valence-corrected chi connectivity index (χ3v) is 11.5. The van der Waals surface area contributed by atoms with E-state index < -0.39 is 68.0 Å². The molecule has 2 aliphatic carbocycles. The second kappa shape index (κ2) is 11.4. The molecule has 2 aromatic carbocycles. The summed E-state index contributed by atoms with van der Waals surface area (Å²) in [6.45, 7) is 5.67. The summed E-state index contributed by atoms with van der Waals surface area (Å²) in [6.07, 6.45) is 1.60. The maximum absolute atomic E-state index is 13.2. The van der Waals surface area contributed by atoms with Gasteiger partial charge in [0.15, 0.2) is 0 Å². The molecular weight excluding hydrogens is 592 g/mol. The molecule has 0 amide bonds. The topological polar surface area (TPSA) is 130 Å². The van der Waals surface area contributed by atoms with Crippen LogP contribution in [0.15, 0.2) is 53.4 Å². The predicted molar refractivity (Wildman–Crippen MR) is 152 cm³/mol. The number of carbonyl (C=O) groups is 2. The smallest absolute Gasteiger partial charge is 0.338 e. The van der Waals surface area contributed by atoms with Crippen molar-refractivity contribution in [3.8, 4) is 0 Å². The van der Waals surface area contributed by atoms with Gasteiger partial charge < -0.3 is 4.74 Å². The second-order valence-electron chi connectivity index (χ2n) is 12.1. The van der Waals surface area contributed by atoms with E-state index in [0.29, 0.717) is 17.9 Å². The van der Waals surface area contributed by atoms with Crippen molar-refractivity contribution >= 4 is 43.6 Å². The van der Waals surface area contributed by atoms with Crippen molar-refractivity contribution in [2.75, 3.05) is 25.6 Å². The van der Waals surface area contributed by atoms with Gasteiger partial charge in [-0.05, 0) is 67.5 Å². The molecule has 9 nitrogen and oxygen atoms in total. The van der Waals surface area contributed by atoms with E-state index in [9.17, 15) is 26.4 Å². The number of Topliss-reactive ketones (excluding diaryl/α,β-unsaturated/α-hetero) is 1. The van der Waals surface area contributed by atoms with Gasteiger partial charge in [0.1, 0.15) is 12.4 Å². The molecule has 0 unspecified atom stereocenters. The maximum Gasteiger partial charge on any atom is 0.338 e. The highest BCUT2D eigenvalue weighted by Gasteiger charge is 2.65. The Hall–Kier alpha value is -2.31. The third kappa shape index (κ3) is 6.69. The molecule has 0 heterocycles. The summed E-state index contributed by atoms with van der Waals surface area (Å²) in [5.74, 6) is -1.13. The molecule has 41 heavy (non-hydrogen) atoms. The number of benzene rings is 2. The van der Waals surface area contributed by atoms with Crippen molar-refractivity contribution in [3.63, 3.8) is 0 Å². The molecule has 0 radical (unpaired) electrons. The van der Waals surface area contributed by atoms with Crippen LogP contribution < -0.4 is 0 Å². The van der Waals surface area contributed by atoms with E-state index in [-0.39, 0.29) is 22.2 Å². The van der Waals surface area contributed by atoms with Crippen LogP contribution in [-0.2, 0) is 38.1 Å². The number of carbonyl (C=O) groups excluding carboxylic acids is 2. The summed E-state index contributed by atoms with van der Waals surface area (Å²) in [5, 5.41) is 0.427. The fraction of sp³-hybridized carbons (Fsp3) is 0.517. The Bertz CT molecular complexity index is 1520. The van der Waals surface area contributed by atoms with E-state index in [0.717, 1.165) is 12.0 Å². The lowest BCUT2D eigenvalue weighted by molar-refractivity contribution is -0.128. The summed E-state index contributed by atoms with van der Waals surface area (Å²) in [4.78, 5) is 25.5. The van der Waals surface area contributed by atoms with Crippen LogP contribution in [0.2, 0.25) is 5.02 Å². The van der Waals surface area contributed by atoms with Gasteiger partial charge in [0.05, 0.1) is 40.3 Å². The highest BCUT2D eigenvalue weighted by molar-refractivity contribution is 7.87. The van der Waals surface area contributed by atoms with Crippen LogP contribution in [-0.4, -0.2) is 54.2 Å². The number of rotatable bonds is 12. The van der Waals surface area contributed by atoms with Crippen LogP contribution in [0.25, 0.3) is 0 Å². The maximum atomic E-state index is 13.2. The molecule has 2 aromatic rings. The number of halogens is 1. The van der Waals surface area contributed by atoms with Gasteiger partial charge in [-0.25, -0.2) is 4.79 Å². The molecule has 4 rings (SSSR count). The van der Waals surface area contributed by atoms with E-state index >= 15 is 0 Å². The molecule has 0 aromatic heterocycles. The monoisotopic (exact) mass is 626 g/mol. The lowest BCUT2D eigenvalue weighted by Crippen LogP contribution is -2.44. The Balaban J connectivity index is 1.50. The fourth-order valence-electron chi connectivity index (χ4n) is 5.71. The first-order valence-corrected chi connectivity index (χ1v) is 16.6. The van der Waals surface area contributed by atoms with E-state index in [1.54, 1.807) is 12.1 Å². The fourth-order valence-corrected chi connectivity index (χ4v) is 8.71. The van der Waals surface area contributed by atoms with Gasteiger partial charge in [-0.1, -0.05) is 50.1 Å². The molecule has 0 spiro atoms. The molecular formula is C29H35ClO9S2. The molecule has 2 aliphatic rings. The van der Waals surface area contributed by atoms with Gasteiger partial charge in [0, 0.05) is 11.4 Å². The highest BCUT2D eigenvalue weighted by atomic mass is 35.5. The lowest BCUT2D eigenvalue weighted by Gasteiger charge is -2.36. The molecule has 2 fully saturated rings.